The Labute approximate surface area is 181 Å². The molecule has 1 atom stereocenters. The molecule has 0 aliphatic rings. The maximum absolute atomic E-state index is 12.5. The third-order valence-corrected chi connectivity index (χ3v) is 5.21. The van der Waals surface area contributed by atoms with Crippen molar-refractivity contribution in [3.8, 4) is 0 Å². The van der Waals surface area contributed by atoms with Crippen molar-refractivity contribution in [3.05, 3.63) is 96.2 Å². The summed E-state index contributed by atoms with van der Waals surface area (Å²) in [6.45, 7) is 1.99. The van der Waals surface area contributed by atoms with Crippen molar-refractivity contribution in [2.24, 2.45) is 7.05 Å². The Kier molecular flexibility index (Phi) is 5.71. The monoisotopic (exact) mass is 411 g/mol. The second-order valence-electron chi connectivity index (χ2n) is 7.51. The molecule has 0 fully saturated rings. The van der Waals surface area contributed by atoms with Crippen LogP contribution in [-0.4, -0.2) is 16.4 Å². The number of amides is 2. The van der Waals surface area contributed by atoms with E-state index >= 15 is 0 Å². The number of nitrogens with zero attached hydrogens (tertiary/aromatic N) is 1. The van der Waals surface area contributed by atoms with Gasteiger partial charge in [0.1, 0.15) is 5.84 Å². The smallest absolute Gasteiger partial charge is 0.323 e. The van der Waals surface area contributed by atoms with Gasteiger partial charge < -0.3 is 20.5 Å². The molecule has 1 heterocycles. The third-order valence-electron chi connectivity index (χ3n) is 5.21. The molecular formula is C25H25N5O. The number of aromatic nitrogens is 1. The normalized spacial score (nSPS) is 11.7. The number of hydrogen-bond acceptors (Lipinski definition) is 2. The van der Waals surface area contributed by atoms with Crippen LogP contribution < -0.4 is 16.0 Å². The SMILES string of the molecule is CC(NC(=N)c1ccccc1)c1cccc(NC(=O)Nc2ccc3c(ccn3C)c2)c1. The maximum atomic E-state index is 12.5. The van der Waals surface area contributed by atoms with E-state index in [0.717, 1.165) is 27.7 Å². The minimum atomic E-state index is -0.301. The second-order valence-corrected chi connectivity index (χ2v) is 7.51. The first-order valence-electron chi connectivity index (χ1n) is 10.1. The summed E-state index contributed by atoms with van der Waals surface area (Å²) in [7, 11) is 1.99. The van der Waals surface area contributed by atoms with E-state index < -0.39 is 0 Å². The summed E-state index contributed by atoms with van der Waals surface area (Å²) in [6.07, 6.45) is 1.99. The molecule has 156 valence electrons. The van der Waals surface area contributed by atoms with Crippen molar-refractivity contribution in [1.29, 1.82) is 5.41 Å². The number of hydrogen-bond donors (Lipinski definition) is 4. The highest BCUT2D eigenvalue weighted by Gasteiger charge is 2.10. The number of amidine groups is 1. The number of anilines is 2. The summed E-state index contributed by atoms with van der Waals surface area (Å²) in [5.74, 6) is 0.362. The lowest BCUT2D eigenvalue weighted by atomic mass is 10.1. The molecule has 0 aliphatic heterocycles. The van der Waals surface area contributed by atoms with Gasteiger partial charge in [-0.3, -0.25) is 5.41 Å². The topological polar surface area (TPSA) is 81.9 Å². The Bertz CT molecular complexity index is 1230. The number of carbonyl (C=O) groups is 1. The Morgan fingerprint density at radius 2 is 1.65 bits per heavy atom. The molecule has 1 unspecified atom stereocenters. The van der Waals surface area contributed by atoms with Crippen molar-refractivity contribution in [2.75, 3.05) is 10.6 Å². The van der Waals surface area contributed by atoms with Crippen LogP contribution in [0, 0.1) is 5.41 Å². The summed E-state index contributed by atoms with van der Waals surface area (Å²) in [6, 6.07) is 24.6. The first kappa shape index (κ1) is 20.2. The number of aryl methyl sites for hydroxylation is 1. The van der Waals surface area contributed by atoms with Gasteiger partial charge in [0.15, 0.2) is 0 Å². The number of nitrogens with one attached hydrogen (secondary N) is 4. The highest BCUT2D eigenvalue weighted by molar-refractivity contribution is 6.01. The quantitative estimate of drug-likeness (QED) is 0.258. The van der Waals surface area contributed by atoms with Gasteiger partial charge in [0.25, 0.3) is 0 Å². The largest absolute Gasteiger partial charge is 0.364 e. The van der Waals surface area contributed by atoms with Gasteiger partial charge in [0.05, 0.1) is 6.04 Å². The van der Waals surface area contributed by atoms with Gasteiger partial charge in [0.2, 0.25) is 0 Å². The fraction of sp³-hybridized carbons (Fsp3) is 0.120. The van der Waals surface area contributed by atoms with E-state index in [9.17, 15) is 4.79 Å². The zero-order valence-corrected chi connectivity index (χ0v) is 17.5. The summed E-state index contributed by atoms with van der Waals surface area (Å²) in [5.41, 5.74) is 4.35. The van der Waals surface area contributed by atoms with Gasteiger partial charge in [-0.1, -0.05) is 42.5 Å². The van der Waals surface area contributed by atoms with Crippen LogP contribution in [0.3, 0.4) is 0 Å². The van der Waals surface area contributed by atoms with E-state index in [4.69, 9.17) is 5.41 Å². The van der Waals surface area contributed by atoms with Crippen molar-refractivity contribution < 1.29 is 4.79 Å². The highest BCUT2D eigenvalue weighted by Crippen LogP contribution is 2.21. The molecule has 0 saturated heterocycles. The lowest BCUT2D eigenvalue weighted by Crippen LogP contribution is -2.26. The molecule has 0 bridgehead atoms. The molecule has 4 rings (SSSR count). The number of fused-ring (bicyclic) bond motifs is 1. The van der Waals surface area contributed by atoms with Crippen LogP contribution in [0.15, 0.2) is 85.1 Å². The fourth-order valence-corrected chi connectivity index (χ4v) is 3.53. The van der Waals surface area contributed by atoms with E-state index in [-0.39, 0.29) is 12.1 Å². The van der Waals surface area contributed by atoms with E-state index in [2.05, 4.69) is 16.0 Å². The molecule has 2 amide bonds. The van der Waals surface area contributed by atoms with Crippen LogP contribution in [0.5, 0.6) is 0 Å². The zero-order valence-electron chi connectivity index (χ0n) is 17.5. The number of urea groups is 1. The molecule has 3 aromatic carbocycles. The van der Waals surface area contributed by atoms with Crippen molar-refractivity contribution in [2.45, 2.75) is 13.0 Å². The summed E-state index contributed by atoms with van der Waals surface area (Å²) in [4.78, 5) is 12.5. The lowest BCUT2D eigenvalue weighted by molar-refractivity contribution is 0.262. The zero-order chi connectivity index (χ0) is 21.8. The van der Waals surface area contributed by atoms with E-state index in [1.807, 2.05) is 104 Å². The van der Waals surface area contributed by atoms with Crippen LogP contribution in [-0.2, 0) is 7.05 Å². The predicted octanol–water partition coefficient (Wildman–Crippen LogP) is 5.50. The van der Waals surface area contributed by atoms with Crippen molar-refractivity contribution in [1.82, 2.24) is 9.88 Å². The van der Waals surface area contributed by atoms with E-state index in [1.54, 1.807) is 0 Å². The molecule has 1 aromatic heterocycles. The fourth-order valence-electron chi connectivity index (χ4n) is 3.53. The molecular weight excluding hydrogens is 386 g/mol. The minimum Gasteiger partial charge on any atom is -0.364 e. The number of rotatable bonds is 5. The van der Waals surface area contributed by atoms with E-state index in [0.29, 0.717) is 11.5 Å². The minimum absolute atomic E-state index is 0.0852. The van der Waals surface area contributed by atoms with Gasteiger partial charge >= 0.3 is 6.03 Å². The molecule has 6 heteroatoms. The van der Waals surface area contributed by atoms with Crippen LogP contribution in [0.2, 0.25) is 0 Å². The lowest BCUT2D eigenvalue weighted by Gasteiger charge is -2.17. The standard InChI is InChI=1S/C25H25N5O/c1-17(27-24(26)18-7-4-3-5-8-18)19-9-6-10-21(15-19)28-25(31)29-22-11-12-23-20(16-22)13-14-30(23)2/h3-17H,1-2H3,(H2,26,27)(H2,28,29,31). The molecule has 6 nitrogen and oxygen atoms in total. The molecule has 4 N–H and O–H groups in total. The Hall–Kier alpha value is -4.06. The van der Waals surface area contributed by atoms with Gasteiger partial charge in [-0.05, 0) is 48.9 Å². The molecule has 0 saturated carbocycles. The summed E-state index contributed by atoms with van der Waals surface area (Å²) >= 11 is 0. The molecule has 31 heavy (non-hydrogen) atoms. The number of benzene rings is 3. The summed E-state index contributed by atoms with van der Waals surface area (Å²) in [5, 5.41) is 18.3. The van der Waals surface area contributed by atoms with Gasteiger partial charge in [-0.15, -0.1) is 0 Å². The van der Waals surface area contributed by atoms with Gasteiger partial charge in [-0.2, -0.15) is 0 Å². The third kappa shape index (κ3) is 4.75. The first-order valence-corrected chi connectivity index (χ1v) is 10.1. The van der Waals surface area contributed by atoms with Crippen molar-refractivity contribution in [3.63, 3.8) is 0 Å². The molecule has 0 spiro atoms. The van der Waals surface area contributed by atoms with Crippen molar-refractivity contribution >= 4 is 34.1 Å². The Balaban J connectivity index is 1.40. The van der Waals surface area contributed by atoms with Crippen LogP contribution in [0.25, 0.3) is 10.9 Å². The molecule has 4 aromatic rings. The Morgan fingerprint density at radius 1 is 0.903 bits per heavy atom. The van der Waals surface area contributed by atoms with Gasteiger partial charge in [0, 0.05) is 41.1 Å². The predicted molar refractivity (Wildman–Crippen MR) is 127 cm³/mol. The highest BCUT2D eigenvalue weighted by atomic mass is 16.2. The molecule has 0 radical (unpaired) electrons. The van der Waals surface area contributed by atoms with Crippen LogP contribution >= 0.6 is 0 Å². The summed E-state index contributed by atoms with van der Waals surface area (Å²) < 4.78 is 2.04. The van der Waals surface area contributed by atoms with E-state index in [1.165, 1.54) is 0 Å². The first-order chi connectivity index (χ1) is 15.0. The average molecular weight is 412 g/mol. The second kappa shape index (κ2) is 8.75. The van der Waals surface area contributed by atoms with Gasteiger partial charge in [-0.25, -0.2) is 4.79 Å². The molecule has 0 aliphatic carbocycles. The number of carbonyl (C=O) groups excluding carboxylic acids is 1. The average Bonchev–Trinajstić information content (AvgIpc) is 3.14. The van der Waals surface area contributed by atoms with Crippen LogP contribution in [0.4, 0.5) is 16.2 Å². The maximum Gasteiger partial charge on any atom is 0.323 e. The Morgan fingerprint density at radius 3 is 2.42 bits per heavy atom. The van der Waals surface area contributed by atoms with Crippen LogP contribution in [0.1, 0.15) is 24.1 Å².